The second-order valence-electron chi connectivity index (χ2n) is 5.13. The molecule has 2 rings (SSSR count). The molecule has 1 aromatic carbocycles. The quantitative estimate of drug-likeness (QED) is 0.900. The molecule has 0 radical (unpaired) electrons. The Balaban J connectivity index is 2.14. The van der Waals surface area contributed by atoms with E-state index in [1.807, 2.05) is 18.0 Å². The highest BCUT2D eigenvalue weighted by atomic mass is 32.1. The lowest BCUT2D eigenvalue weighted by Crippen LogP contribution is -2.31. The molecule has 2 atom stereocenters. The molecule has 0 saturated carbocycles. The molecule has 0 spiro atoms. The summed E-state index contributed by atoms with van der Waals surface area (Å²) in [4.78, 5) is 3.24. The number of anilines is 1. The van der Waals surface area contributed by atoms with Gasteiger partial charge >= 0.3 is 0 Å². The van der Waals surface area contributed by atoms with Crippen LogP contribution in [0.2, 0.25) is 0 Å². The lowest BCUT2D eigenvalue weighted by atomic mass is 10.1. The van der Waals surface area contributed by atoms with Crippen LogP contribution in [-0.2, 0) is 6.42 Å². The average molecular weight is 293 g/mol. The van der Waals surface area contributed by atoms with Crippen LogP contribution in [0.15, 0.2) is 35.7 Å². The van der Waals surface area contributed by atoms with Gasteiger partial charge in [-0.05, 0) is 43.0 Å². The Labute approximate surface area is 123 Å². The fourth-order valence-corrected chi connectivity index (χ4v) is 2.99. The number of halogens is 1. The smallest absolute Gasteiger partial charge is 0.146 e. The van der Waals surface area contributed by atoms with E-state index < -0.39 is 6.10 Å². The molecular weight excluding hydrogens is 273 g/mol. The van der Waals surface area contributed by atoms with Crippen molar-refractivity contribution in [3.05, 3.63) is 52.0 Å². The van der Waals surface area contributed by atoms with E-state index in [4.69, 9.17) is 0 Å². The molecule has 0 fully saturated rings. The van der Waals surface area contributed by atoms with Crippen LogP contribution in [0.1, 0.15) is 30.4 Å². The van der Waals surface area contributed by atoms with Gasteiger partial charge in [0.2, 0.25) is 0 Å². The molecule has 1 heterocycles. The summed E-state index contributed by atoms with van der Waals surface area (Å²) in [6, 6.07) is 9.27. The van der Waals surface area contributed by atoms with Crippen LogP contribution in [0.4, 0.5) is 10.1 Å². The summed E-state index contributed by atoms with van der Waals surface area (Å²) in [6.07, 6.45) is 0.249. The SMILES string of the molecule is CC(Cc1cccs1)N(C)c1ccc([C@@H](C)O)cc1F. The fraction of sp³-hybridized carbons (Fsp3) is 0.375. The van der Waals surface area contributed by atoms with E-state index in [-0.39, 0.29) is 11.9 Å². The highest BCUT2D eigenvalue weighted by molar-refractivity contribution is 7.09. The topological polar surface area (TPSA) is 23.5 Å². The highest BCUT2D eigenvalue weighted by Gasteiger charge is 2.16. The van der Waals surface area contributed by atoms with Crippen molar-refractivity contribution >= 4 is 17.0 Å². The third-order valence-electron chi connectivity index (χ3n) is 3.57. The molecule has 1 unspecified atom stereocenters. The molecule has 4 heteroatoms. The van der Waals surface area contributed by atoms with Crippen molar-refractivity contribution in [1.29, 1.82) is 0 Å². The van der Waals surface area contributed by atoms with Gasteiger partial charge in [0.1, 0.15) is 5.82 Å². The van der Waals surface area contributed by atoms with Crippen molar-refractivity contribution in [2.75, 3.05) is 11.9 Å². The van der Waals surface area contributed by atoms with Gasteiger partial charge in [-0.25, -0.2) is 4.39 Å². The number of benzene rings is 1. The van der Waals surface area contributed by atoms with Gasteiger partial charge in [-0.3, -0.25) is 0 Å². The molecule has 0 aliphatic rings. The van der Waals surface area contributed by atoms with E-state index >= 15 is 0 Å². The monoisotopic (exact) mass is 293 g/mol. The molecule has 0 aliphatic heterocycles. The zero-order chi connectivity index (χ0) is 14.7. The first-order valence-electron chi connectivity index (χ1n) is 6.71. The van der Waals surface area contributed by atoms with E-state index in [1.165, 1.54) is 10.9 Å². The van der Waals surface area contributed by atoms with Crippen LogP contribution in [0.3, 0.4) is 0 Å². The van der Waals surface area contributed by atoms with E-state index in [9.17, 15) is 9.50 Å². The van der Waals surface area contributed by atoms with Crippen LogP contribution >= 0.6 is 11.3 Å². The summed E-state index contributed by atoms with van der Waals surface area (Å²) >= 11 is 1.72. The maximum Gasteiger partial charge on any atom is 0.146 e. The molecule has 20 heavy (non-hydrogen) atoms. The number of nitrogens with zero attached hydrogens (tertiary/aromatic N) is 1. The highest BCUT2D eigenvalue weighted by Crippen LogP contribution is 2.25. The summed E-state index contributed by atoms with van der Waals surface area (Å²) in [5, 5.41) is 11.5. The minimum absolute atomic E-state index is 0.209. The Kier molecular flexibility index (Phi) is 4.78. The van der Waals surface area contributed by atoms with Gasteiger partial charge in [0.25, 0.3) is 0 Å². The molecule has 1 N–H and O–H groups in total. The molecule has 108 valence electrons. The first kappa shape index (κ1) is 15.0. The zero-order valence-corrected chi connectivity index (χ0v) is 12.8. The second-order valence-corrected chi connectivity index (χ2v) is 6.16. The number of likely N-dealkylation sites (N-methyl/N-ethyl adjacent to an activating group) is 1. The van der Waals surface area contributed by atoms with Crippen LogP contribution in [0.25, 0.3) is 0 Å². The first-order valence-corrected chi connectivity index (χ1v) is 7.59. The summed E-state index contributed by atoms with van der Waals surface area (Å²) in [6.45, 7) is 3.72. The van der Waals surface area contributed by atoms with Crippen LogP contribution in [-0.4, -0.2) is 18.2 Å². The minimum Gasteiger partial charge on any atom is -0.389 e. The van der Waals surface area contributed by atoms with Gasteiger partial charge in [-0.15, -0.1) is 11.3 Å². The Morgan fingerprint density at radius 1 is 1.30 bits per heavy atom. The number of thiophene rings is 1. The lowest BCUT2D eigenvalue weighted by molar-refractivity contribution is 0.199. The predicted molar refractivity (Wildman–Crippen MR) is 82.9 cm³/mol. The van der Waals surface area contributed by atoms with Gasteiger partial charge in [-0.1, -0.05) is 12.1 Å². The molecular formula is C16H20FNOS. The Morgan fingerprint density at radius 3 is 2.60 bits per heavy atom. The van der Waals surface area contributed by atoms with Crippen molar-refractivity contribution in [1.82, 2.24) is 0 Å². The molecule has 2 aromatic rings. The molecule has 0 saturated heterocycles. The maximum atomic E-state index is 14.1. The standard InChI is InChI=1S/C16H20FNOS/c1-11(9-14-5-4-8-20-14)18(3)16-7-6-13(12(2)19)10-15(16)17/h4-8,10-12,19H,9H2,1-3H3/t11?,12-/m1/s1. The van der Waals surface area contributed by atoms with Crippen molar-refractivity contribution in [3.63, 3.8) is 0 Å². The zero-order valence-electron chi connectivity index (χ0n) is 12.0. The number of rotatable bonds is 5. The normalized spacial score (nSPS) is 14.1. The summed E-state index contributed by atoms with van der Waals surface area (Å²) in [7, 11) is 1.90. The lowest BCUT2D eigenvalue weighted by Gasteiger charge is -2.27. The minimum atomic E-state index is -0.646. The first-order chi connectivity index (χ1) is 9.49. The van der Waals surface area contributed by atoms with Crippen molar-refractivity contribution < 1.29 is 9.50 Å². The van der Waals surface area contributed by atoms with Crippen molar-refractivity contribution in [2.45, 2.75) is 32.4 Å². The third-order valence-corrected chi connectivity index (χ3v) is 4.47. The number of aliphatic hydroxyl groups is 1. The van der Waals surface area contributed by atoms with E-state index in [0.29, 0.717) is 11.3 Å². The predicted octanol–water partition coefficient (Wildman–Crippen LogP) is 4.01. The van der Waals surface area contributed by atoms with E-state index in [1.54, 1.807) is 30.4 Å². The van der Waals surface area contributed by atoms with Crippen LogP contribution in [0, 0.1) is 5.82 Å². The number of hydrogen-bond acceptors (Lipinski definition) is 3. The van der Waals surface area contributed by atoms with Gasteiger partial charge in [0.05, 0.1) is 11.8 Å². The largest absolute Gasteiger partial charge is 0.389 e. The maximum absolute atomic E-state index is 14.1. The summed E-state index contributed by atoms with van der Waals surface area (Å²) < 4.78 is 14.1. The second kappa shape index (κ2) is 6.37. The number of aliphatic hydroxyl groups excluding tert-OH is 1. The number of hydrogen-bond donors (Lipinski definition) is 1. The molecule has 0 bridgehead atoms. The summed E-state index contributed by atoms with van der Waals surface area (Å²) in [5.74, 6) is -0.288. The summed E-state index contributed by atoms with van der Waals surface area (Å²) in [5.41, 5.74) is 1.17. The van der Waals surface area contributed by atoms with Gasteiger partial charge in [-0.2, -0.15) is 0 Å². The van der Waals surface area contributed by atoms with Gasteiger partial charge in [0.15, 0.2) is 0 Å². The Bertz CT molecular complexity index is 554. The average Bonchev–Trinajstić information content (AvgIpc) is 2.90. The van der Waals surface area contributed by atoms with E-state index in [2.05, 4.69) is 18.4 Å². The van der Waals surface area contributed by atoms with Gasteiger partial charge < -0.3 is 10.0 Å². The third kappa shape index (κ3) is 3.38. The van der Waals surface area contributed by atoms with Crippen LogP contribution in [0.5, 0.6) is 0 Å². The van der Waals surface area contributed by atoms with Crippen LogP contribution < -0.4 is 4.90 Å². The van der Waals surface area contributed by atoms with Crippen molar-refractivity contribution in [3.8, 4) is 0 Å². The Hall–Kier alpha value is -1.39. The Morgan fingerprint density at radius 2 is 2.05 bits per heavy atom. The fourth-order valence-electron chi connectivity index (χ4n) is 2.16. The molecule has 0 aliphatic carbocycles. The molecule has 1 aromatic heterocycles. The van der Waals surface area contributed by atoms with Crippen molar-refractivity contribution in [2.24, 2.45) is 0 Å². The van der Waals surface area contributed by atoms with Gasteiger partial charge in [0, 0.05) is 24.4 Å². The molecule has 0 amide bonds. The van der Waals surface area contributed by atoms with E-state index in [0.717, 1.165) is 6.42 Å². The molecule has 2 nitrogen and oxygen atoms in total.